The zero-order valence-electron chi connectivity index (χ0n) is 19.4. The van der Waals surface area contributed by atoms with Crippen LogP contribution >= 0.6 is 0 Å². The fourth-order valence-corrected chi connectivity index (χ4v) is 4.07. The van der Waals surface area contributed by atoms with E-state index in [0.717, 1.165) is 12.0 Å². The monoisotopic (exact) mass is 461 g/mol. The minimum atomic E-state index is -0.785. The molecule has 0 bridgehead atoms. The molecule has 0 saturated carbocycles. The summed E-state index contributed by atoms with van der Waals surface area (Å²) in [6.45, 7) is 4.57. The summed E-state index contributed by atoms with van der Waals surface area (Å²) >= 11 is 0. The van der Waals surface area contributed by atoms with Crippen LogP contribution in [-0.4, -0.2) is 35.4 Å². The highest BCUT2D eigenvalue weighted by atomic mass is 16.5. The summed E-state index contributed by atoms with van der Waals surface area (Å²) in [6, 6.07) is 15.0. The minimum absolute atomic E-state index is 0.0309. The molecule has 7 heteroatoms. The number of aryl methyl sites for hydroxylation is 1. The van der Waals surface area contributed by atoms with Gasteiger partial charge in [-0.25, -0.2) is 0 Å². The van der Waals surface area contributed by atoms with E-state index in [1.165, 1.54) is 11.2 Å². The molecular weight excluding hydrogens is 434 g/mol. The lowest BCUT2D eigenvalue weighted by Gasteiger charge is -2.24. The Morgan fingerprint density at radius 1 is 1.12 bits per heavy atom. The molecule has 3 aromatic rings. The first kappa shape index (κ1) is 23.2. The summed E-state index contributed by atoms with van der Waals surface area (Å²) in [4.78, 5) is 27.7. The van der Waals surface area contributed by atoms with Crippen LogP contribution in [0.2, 0.25) is 0 Å². The molecule has 1 fully saturated rings. The Morgan fingerprint density at radius 2 is 1.88 bits per heavy atom. The molecule has 1 N–H and O–H groups in total. The zero-order valence-corrected chi connectivity index (χ0v) is 19.4. The summed E-state index contributed by atoms with van der Waals surface area (Å²) in [5.74, 6) is 0.223. The van der Waals surface area contributed by atoms with E-state index in [4.69, 9.17) is 13.9 Å². The summed E-state index contributed by atoms with van der Waals surface area (Å²) in [7, 11) is 1.56. The van der Waals surface area contributed by atoms with Gasteiger partial charge in [0.2, 0.25) is 0 Å². The highest BCUT2D eigenvalue weighted by Gasteiger charge is 2.46. The van der Waals surface area contributed by atoms with Gasteiger partial charge < -0.3 is 23.9 Å². The average Bonchev–Trinajstić information content (AvgIpc) is 3.45. The van der Waals surface area contributed by atoms with Crippen molar-refractivity contribution in [2.45, 2.75) is 32.9 Å². The van der Waals surface area contributed by atoms with E-state index in [1.807, 2.05) is 13.8 Å². The number of benzene rings is 2. The van der Waals surface area contributed by atoms with Crippen molar-refractivity contribution in [1.82, 2.24) is 4.90 Å². The van der Waals surface area contributed by atoms with Gasteiger partial charge in [-0.05, 0) is 66.9 Å². The lowest BCUT2D eigenvalue weighted by Crippen LogP contribution is -2.29. The predicted molar refractivity (Wildman–Crippen MR) is 127 cm³/mol. The number of amides is 1. The van der Waals surface area contributed by atoms with Gasteiger partial charge in [-0.2, -0.15) is 0 Å². The quantitative estimate of drug-likeness (QED) is 0.288. The maximum Gasteiger partial charge on any atom is 0.296 e. The number of carbonyl (C=O) groups excluding carboxylic acids is 2. The Bertz CT molecular complexity index is 1210. The summed E-state index contributed by atoms with van der Waals surface area (Å²) < 4.78 is 16.4. The van der Waals surface area contributed by atoms with Crippen molar-refractivity contribution in [3.05, 3.63) is 88.9 Å². The van der Waals surface area contributed by atoms with Gasteiger partial charge in [0.15, 0.2) is 0 Å². The standard InChI is InChI=1S/C27H27NO6/c1-4-13-34-22-12-9-19(15-17(22)2)25(29)23-24(18-7-10-20(32-3)11-8-18)28(27(31)26(23)30)16-21-6-5-14-33-21/h5-12,14-15,24,29H,4,13,16H2,1-3H3/b25-23-. The van der Waals surface area contributed by atoms with Crippen LogP contribution in [0.3, 0.4) is 0 Å². The fraction of sp³-hybridized carbons (Fsp3) is 0.259. The maximum absolute atomic E-state index is 13.2. The minimum Gasteiger partial charge on any atom is -0.507 e. The molecule has 176 valence electrons. The largest absolute Gasteiger partial charge is 0.507 e. The van der Waals surface area contributed by atoms with Crippen LogP contribution in [0.25, 0.3) is 5.76 Å². The molecule has 4 rings (SSSR count). The number of likely N-dealkylation sites (tertiary alicyclic amines) is 1. The second-order valence-corrected chi connectivity index (χ2v) is 8.11. The first-order chi connectivity index (χ1) is 16.4. The van der Waals surface area contributed by atoms with E-state index in [0.29, 0.717) is 35.0 Å². The number of ketones is 1. The van der Waals surface area contributed by atoms with Gasteiger partial charge >= 0.3 is 0 Å². The molecule has 1 aliphatic rings. The molecule has 1 aliphatic heterocycles. The molecule has 1 unspecified atom stereocenters. The number of ether oxygens (including phenoxy) is 2. The smallest absolute Gasteiger partial charge is 0.296 e. The second-order valence-electron chi connectivity index (χ2n) is 8.11. The number of aliphatic hydroxyl groups excluding tert-OH is 1. The summed E-state index contributed by atoms with van der Waals surface area (Å²) in [5, 5.41) is 11.3. The van der Waals surface area contributed by atoms with E-state index in [1.54, 1.807) is 61.7 Å². The average molecular weight is 462 g/mol. The van der Waals surface area contributed by atoms with Crippen LogP contribution in [0, 0.1) is 6.92 Å². The van der Waals surface area contributed by atoms with Crippen LogP contribution < -0.4 is 9.47 Å². The molecule has 0 spiro atoms. The van der Waals surface area contributed by atoms with E-state index in [-0.39, 0.29) is 17.9 Å². The molecule has 2 heterocycles. The Kier molecular flexibility index (Phi) is 6.72. The Hall–Kier alpha value is -4.00. The second kappa shape index (κ2) is 9.87. The molecule has 0 radical (unpaired) electrons. The molecule has 1 saturated heterocycles. The van der Waals surface area contributed by atoms with Gasteiger partial charge in [0.25, 0.3) is 11.7 Å². The highest BCUT2D eigenvalue weighted by Crippen LogP contribution is 2.41. The molecular formula is C27H27NO6. The molecule has 7 nitrogen and oxygen atoms in total. The van der Waals surface area contributed by atoms with Crippen molar-refractivity contribution in [1.29, 1.82) is 0 Å². The normalized spacial score (nSPS) is 17.3. The number of hydrogen-bond donors (Lipinski definition) is 1. The molecule has 34 heavy (non-hydrogen) atoms. The lowest BCUT2D eigenvalue weighted by molar-refractivity contribution is -0.140. The number of carbonyl (C=O) groups is 2. The number of furan rings is 1. The molecule has 2 aromatic carbocycles. The number of rotatable bonds is 8. The number of methoxy groups -OCH3 is 1. The fourth-order valence-electron chi connectivity index (χ4n) is 4.07. The maximum atomic E-state index is 13.2. The van der Waals surface area contributed by atoms with Crippen molar-refractivity contribution < 1.29 is 28.6 Å². The zero-order chi connectivity index (χ0) is 24.2. The topological polar surface area (TPSA) is 89.2 Å². The van der Waals surface area contributed by atoms with Crippen LogP contribution in [-0.2, 0) is 16.1 Å². The Labute approximate surface area is 198 Å². The number of Topliss-reactive ketones (excluding diaryl/α,β-unsaturated/α-hetero) is 1. The van der Waals surface area contributed by atoms with Gasteiger partial charge in [0, 0.05) is 5.56 Å². The Morgan fingerprint density at radius 3 is 2.50 bits per heavy atom. The van der Waals surface area contributed by atoms with E-state index >= 15 is 0 Å². The van der Waals surface area contributed by atoms with E-state index in [2.05, 4.69) is 0 Å². The summed E-state index contributed by atoms with van der Waals surface area (Å²) in [5.41, 5.74) is 1.97. The predicted octanol–water partition coefficient (Wildman–Crippen LogP) is 5.01. The number of nitrogens with zero attached hydrogens (tertiary/aromatic N) is 1. The van der Waals surface area contributed by atoms with Crippen molar-refractivity contribution in [2.24, 2.45) is 0 Å². The van der Waals surface area contributed by atoms with E-state index < -0.39 is 17.7 Å². The summed E-state index contributed by atoms with van der Waals surface area (Å²) in [6.07, 6.45) is 2.39. The van der Waals surface area contributed by atoms with Crippen molar-refractivity contribution in [3.63, 3.8) is 0 Å². The van der Waals surface area contributed by atoms with Crippen LogP contribution in [0.15, 0.2) is 70.9 Å². The Balaban J connectivity index is 1.80. The molecule has 1 aromatic heterocycles. The number of hydrogen-bond acceptors (Lipinski definition) is 6. The highest BCUT2D eigenvalue weighted by molar-refractivity contribution is 6.46. The van der Waals surface area contributed by atoms with Crippen molar-refractivity contribution >= 4 is 17.4 Å². The lowest BCUT2D eigenvalue weighted by atomic mass is 9.94. The third-order valence-electron chi connectivity index (χ3n) is 5.79. The third-order valence-corrected chi connectivity index (χ3v) is 5.79. The third kappa shape index (κ3) is 4.41. The van der Waals surface area contributed by atoms with Gasteiger partial charge in [-0.15, -0.1) is 0 Å². The molecule has 0 aliphatic carbocycles. The SMILES string of the molecule is CCCOc1ccc(/C(O)=C2/C(=O)C(=O)N(Cc3ccco3)C2c2ccc(OC)cc2)cc1C. The van der Waals surface area contributed by atoms with Crippen molar-refractivity contribution in [3.8, 4) is 11.5 Å². The van der Waals surface area contributed by atoms with E-state index in [9.17, 15) is 14.7 Å². The van der Waals surface area contributed by atoms with Gasteiger partial charge in [0.1, 0.15) is 23.0 Å². The number of aliphatic hydroxyl groups is 1. The first-order valence-corrected chi connectivity index (χ1v) is 11.1. The van der Waals surface area contributed by atoms with Crippen molar-refractivity contribution in [2.75, 3.05) is 13.7 Å². The molecule has 1 atom stereocenters. The molecule has 1 amide bonds. The van der Waals surface area contributed by atoms with Crippen LogP contribution in [0.1, 0.15) is 41.8 Å². The first-order valence-electron chi connectivity index (χ1n) is 11.1. The van der Waals surface area contributed by atoms with Crippen LogP contribution in [0.4, 0.5) is 0 Å². The van der Waals surface area contributed by atoms with Gasteiger partial charge in [-0.1, -0.05) is 19.1 Å². The van der Waals surface area contributed by atoms with Crippen LogP contribution in [0.5, 0.6) is 11.5 Å². The van der Waals surface area contributed by atoms with Gasteiger partial charge in [-0.3, -0.25) is 9.59 Å². The van der Waals surface area contributed by atoms with Gasteiger partial charge in [0.05, 0.1) is 38.1 Å².